The van der Waals surface area contributed by atoms with Gasteiger partial charge in [-0.2, -0.15) is 0 Å². The molecule has 44 heavy (non-hydrogen) atoms. The predicted octanol–water partition coefficient (Wildman–Crippen LogP) is 8.27. The van der Waals surface area contributed by atoms with Gasteiger partial charge >= 0.3 is 0 Å². The van der Waals surface area contributed by atoms with Crippen molar-refractivity contribution in [3.05, 3.63) is 82.0 Å². The molecule has 3 aromatic carbocycles. The molecule has 1 aromatic heterocycles. The van der Waals surface area contributed by atoms with Gasteiger partial charge in [-0.1, -0.05) is 80.7 Å². The molecular formula is C37H42O7. The maximum atomic E-state index is 13.1. The Kier molecular flexibility index (Phi) is 12.6. The van der Waals surface area contributed by atoms with E-state index in [0.29, 0.717) is 40.6 Å². The smallest absolute Gasteiger partial charge is 0.235 e. The zero-order valence-corrected chi connectivity index (χ0v) is 25.9. The number of hydrogen-bond donors (Lipinski definition) is 1. The van der Waals surface area contributed by atoms with Crippen LogP contribution in [0.5, 0.6) is 23.0 Å². The molecule has 232 valence electrons. The molecule has 1 heterocycles. The van der Waals surface area contributed by atoms with Crippen molar-refractivity contribution in [2.45, 2.75) is 64.4 Å². The summed E-state index contributed by atoms with van der Waals surface area (Å²) in [6.07, 6.45) is 10.2. The molecule has 0 saturated heterocycles. The summed E-state index contributed by atoms with van der Waals surface area (Å²) in [7, 11) is 4.60. The van der Waals surface area contributed by atoms with Gasteiger partial charge in [0.2, 0.25) is 11.2 Å². The molecule has 0 aliphatic rings. The van der Waals surface area contributed by atoms with Gasteiger partial charge in [0.25, 0.3) is 0 Å². The number of rotatable bonds is 16. The van der Waals surface area contributed by atoms with Gasteiger partial charge in [-0.05, 0) is 42.7 Å². The van der Waals surface area contributed by atoms with E-state index < -0.39 is 11.2 Å². The molecule has 1 N–H and O–H groups in total. The summed E-state index contributed by atoms with van der Waals surface area (Å²) in [5.74, 6) is 7.39. The number of hydrogen-bond acceptors (Lipinski definition) is 7. The van der Waals surface area contributed by atoms with Crippen molar-refractivity contribution in [3.63, 3.8) is 0 Å². The van der Waals surface area contributed by atoms with Gasteiger partial charge in [0.1, 0.15) is 11.3 Å². The molecule has 4 aromatic rings. The minimum absolute atomic E-state index is 0.0391. The quantitative estimate of drug-likeness (QED) is 0.103. The fourth-order valence-electron chi connectivity index (χ4n) is 5.05. The van der Waals surface area contributed by atoms with Crippen LogP contribution in [0.3, 0.4) is 0 Å². The lowest BCUT2D eigenvalue weighted by molar-refractivity contribution is 0.116. The van der Waals surface area contributed by atoms with E-state index in [4.69, 9.17) is 23.4 Å². The number of aromatic hydroxyl groups is 1. The SMILES string of the molecule is COc1cc2oc(-c3ccc(OC)c(OC)c3)c(O)c(=O)c2cc1C#CCCCCCCCCCCOCc1ccccc1. The van der Waals surface area contributed by atoms with E-state index in [1.54, 1.807) is 37.4 Å². The average Bonchev–Trinajstić information content (AvgIpc) is 3.06. The first-order valence-electron chi connectivity index (χ1n) is 15.3. The molecule has 0 bridgehead atoms. The first-order chi connectivity index (χ1) is 21.5. The van der Waals surface area contributed by atoms with Crippen LogP contribution in [-0.2, 0) is 11.3 Å². The summed E-state index contributed by atoms with van der Waals surface area (Å²) < 4.78 is 27.9. The highest BCUT2D eigenvalue weighted by atomic mass is 16.5. The monoisotopic (exact) mass is 598 g/mol. The van der Waals surface area contributed by atoms with Crippen LogP contribution in [-0.4, -0.2) is 33.0 Å². The van der Waals surface area contributed by atoms with Crippen LogP contribution in [0.4, 0.5) is 0 Å². The third-order valence-corrected chi connectivity index (χ3v) is 7.51. The van der Waals surface area contributed by atoms with Gasteiger partial charge in [-0.3, -0.25) is 4.79 Å². The molecular weight excluding hydrogens is 556 g/mol. The molecule has 7 nitrogen and oxygen atoms in total. The maximum Gasteiger partial charge on any atom is 0.235 e. The van der Waals surface area contributed by atoms with Gasteiger partial charge in [-0.15, -0.1) is 0 Å². The summed E-state index contributed by atoms with van der Waals surface area (Å²) in [6, 6.07) is 18.6. The second kappa shape index (κ2) is 17.0. The Labute approximate surface area is 259 Å². The predicted molar refractivity (Wildman–Crippen MR) is 174 cm³/mol. The van der Waals surface area contributed by atoms with Crippen LogP contribution < -0.4 is 19.6 Å². The first-order valence-corrected chi connectivity index (χ1v) is 15.3. The van der Waals surface area contributed by atoms with Crippen LogP contribution in [0.15, 0.2) is 69.9 Å². The first kappa shape index (κ1) is 32.5. The van der Waals surface area contributed by atoms with Crippen molar-refractivity contribution in [3.8, 4) is 46.2 Å². The lowest BCUT2D eigenvalue weighted by Gasteiger charge is -2.11. The summed E-state index contributed by atoms with van der Waals surface area (Å²) in [5.41, 5.74) is 2.04. The van der Waals surface area contributed by atoms with E-state index in [1.165, 1.54) is 51.9 Å². The lowest BCUT2D eigenvalue weighted by atomic mass is 10.1. The van der Waals surface area contributed by atoms with E-state index in [2.05, 4.69) is 24.0 Å². The Bertz CT molecular complexity index is 1610. The molecule has 0 atom stereocenters. The topological polar surface area (TPSA) is 87.4 Å². The van der Waals surface area contributed by atoms with E-state index in [9.17, 15) is 9.90 Å². The normalized spacial score (nSPS) is 10.8. The minimum Gasteiger partial charge on any atom is -0.502 e. The molecule has 0 aliphatic heterocycles. The summed E-state index contributed by atoms with van der Waals surface area (Å²) in [6.45, 7) is 1.51. The van der Waals surface area contributed by atoms with Crippen LogP contribution in [0.25, 0.3) is 22.3 Å². The molecule has 0 fully saturated rings. The Hall–Kier alpha value is -4.41. The third kappa shape index (κ3) is 8.81. The van der Waals surface area contributed by atoms with Gasteiger partial charge in [0, 0.05) is 24.7 Å². The lowest BCUT2D eigenvalue weighted by Crippen LogP contribution is -2.04. The zero-order valence-electron chi connectivity index (χ0n) is 25.9. The van der Waals surface area contributed by atoms with Crippen molar-refractivity contribution >= 4 is 11.0 Å². The average molecular weight is 599 g/mol. The number of fused-ring (bicyclic) bond motifs is 1. The highest BCUT2D eigenvalue weighted by molar-refractivity contribution is 5.85. The van der Waals surface area contributed by atoms with Gasteiger partial charge in [0.15, 0.2) is 17.3 Å². The second-order valence-corrected chi connectivity index (χ2v) is 10.6. The van der Waals surface area contributed by atoms with Crippen LogP contribution >= 0.6 is 0 Å². The molecule has 0 radical (unpaired) electrons. The Balaban J connectivity index is 1.24. The van der Waals surface area contributed by atoms with Crippen molar-refractivity contribution in [2.75, 3.05) is 27.9 Å². The van der Waals surface area contributed by atoms with Crippen molar-refractivity contribution in [2.24, 2.45) is 0 Å². The standard InChI is InChI=1S/C37H42O7/c1-40-31-21-20-29(24-34(31)42-3)37-36(39)35(38)30-23-28(32(41-2)25-33(30)44-37)19-15-10-8-6-4-5-7-9-11-16-22-43-26-27-17-13-12-14-18-27/h12-14,17-18,20-21,23-25,39H,4-11,16,22,26H2,1-3H3. The number of unbranched alkanes of at least 4 members (excludes halogenated alkanes) is 8. The Morgan fingerprint density at radius 2 is 1.43 bits per heavy atom. The van der Waals surface area contributed by atoms with Crippen LogP contribution in [0, 0.1) is 11.8 Å². The molecule has 0 unspecified atom stereocenters. The van der Waals surface area contributed by atoms with Crippen LogP contribution in [0.2, 0.25) is 0 Å². The molecule has 0 aliphatic carbocycles. The summed E-state index contributed by atoms with van der Waals surface area (Å²) in [4.78, 5) is 13.1. The molecule has 0 amide bonds. The number of ether oxygens (including phenoxy) is 4. The van der Waals surface area contributed by atoms with E-state index >= 15 is 0 Å². The van der Waals surface area contributed by atoms with Crippen molar-refractivity contribution in [1.82, 2.24) is 0 Å². The minimum atomic E-state index is -0.540. The Morgan fingerprint density at radius 3 is 2.14 bits per heavy atom. The zero-order chi connectivity index (χ0) is 31.1. The fraction of sp³-hybridized carbons (Fsp3) is 0.378. The molecule has 0 spiro atoms. The fourth-order valence-corrected chi connectivity index (χ4v) is 5.05. The van der Waals surface area contributed by atoms with Crippen LogP contribution in [0.1, 0.15) is 68.9 Å². The number of benzene rings is 3. The van der Waals surface area contributed by atoms with E-state index in [0.717, 1.165) is 32.3 Å². The number of methoxy groups -OCH3 is 3. The van der Waals surface area contributed by atoms with Gasteiger partial charge in [-0.25, -0.2) is 0 Å². The largest absolute Gasteiger partial charge is 0.502 e. The Morgan fingerprint density at radius 1 is 0.750 bits per heavy atom. The van der Waals surface area contributed by atoms with Gasteiger partial charge < -0.3 is 28.5 Å². The second-order valence-electron chi connectivity index (χ2n) is 10.6. The maximum absolute atomic E-state index is 13.1. The molecule has 7 heteroatoms. The van der Waals surface area contributed by atoms with Gasteiger partial charge in [0.05, 0.1) is 38.9 Å². The summed E-state index contributed by atoms with van der Waals surface area (Å²) >= 11 is 0. The highest BCUT2D eigenvalue weighted by Gasteiger charge is 2.19. The van der Waals surface area contributed by atoms with Crippen molar-refractivity contribution in [1.29, 1.82) is 0 Å². The molecule has 4 rings (SSSR count). The summed E-state index contributed by atoms with van der Waals surface area (Å²) in [5, 5.41) is 11.0. The third-order valence-electron chi connectivity index (χ3n) is 7.51. The van der Waals surface area contributed by atoms with E-state index in [1.807, 2.05) is 18.2 Å². The molecule has 0 saturated carbocycles. The van der Waals surface area contributed by atoms with Crippen molar-refractivity contribution < 1.29 is 28.5 Å². The highest BCUT2D eigenvalue weighted by Crippen LogP contribution is 2.37. The van der Waals surface area contributed by atoms with E-state index in [-0.39, 0.29) is 11.1 Å².